The summed E-state index contributed by atoms with van der Waals surface area (Å²) in [6.07, 6.45) is 0. The van der Waals surface area contributed by atoms with E-state index in [1.54, 1.807) is 0 Å². The summed E-state index contributed by atoms with van der Waals surface area (Å²) in [6, 6.07) is 0.461. The van der Waals surface area contributed by atoms with E-state index in [2.05, 4.69) is 24.3 Å². The third-order valence-corrected chi connectivity index (χ3v) is 2.43. The van der Waals surface area contributed by atoms with Crippen molar-refractivity contribution < 1.29 is 4.84 Å². The molecule has 0 aromatic rings. The van der Waals surface area contributed by atoms with Crippen molar-refractivity contribution in [3.05, 3.63) is 0 Å². The minimum Gasteiger partial charge on any atom is -0.395 e. The standard InChI is InChI=1S/C8H14N2O/c1-5(2)7-8-6(3-9-7)4-11-10-8/h5-7,9H,3-4H2,1-2H3/t6-,7+/m1/s1. The minimum absolute atomic E-state index is 0.461. The van der Waals surface area contributed by atoms with E-state index in [-0.39, 0.29) is 0 Å². The summed E-state index contributed by atoms with van der Waals surface area (Å²) in [5.41, 5.74) is 1.24. The fraction of sp³-hybridized carbons (Fsp3) is 0.875. The van der Waals surface area contributed by atoms with Crippen molar-refractivity contribution in [3.63, 3.8) is 0 Å². The molecular formula is C8H14N2O. The molecule has 1 N–H and O–H groups in total. The molecule has 11 heavy (non-hydrogen) atoms. The maximum absolute atomic E-state index is 5.04. The first-order chi connectivity index (χ1) is 5.29. The Labute approximate surface area is 66.8 Å². The lowest BCUT2D eigenvalue weighted by Crippen LogP contribution is -2.32. The molecule has 3 heteroatoms. The molecule has 0 saturated carbocycles. The fourth-order valence-electron chi connectivity index (χ4n) is 1.79. The Bertz CT molecular complexity index is 189. The first-order valence-electron chi connectivity index (χ1n) is 4.22. The molecular weight excluding hydrogens is 140 g/mol. The number of hydrogen-bond acceptors (Lipinski definition) is 3. The van der Waals surface area contributed by atoms with Crippen LogP contribution in [0.4, 0.5) is 0 Å². The summed E-state index contributed by atoms with van der Waals surface area (Å²) in [6.45, 7) is 6.25. The second-order valence-corrected chi connectivity index (χ2v) is 3.64. The number of nitrogens with zero attached hydrogens (tertiary/aromatic N) is 1. The molecule has 2 aliphatic rings. The van der Waals surface area contributed by atoms with Gasteiger partial charge in [-0.15, -0.1) is 0 Å². The predicted molar refractivity (Wildman–Crippen MR) is 43.5 cm³/mol. The third kappa shape index (κ3) is 1.03. The molecule has 2 rings (SSSR count). The van der Waals surface area contributed by atoms with Gasteiger partial charge in [0.25, 0.3) is 0 Å². The van der Waals surface area contributed by atoms with E-state index in [9.17, 15) is 0 Å². The monoisotopic (exact) mass is 154 g/mol. The van der Waals surface area contributed by atoms with Crippen molar-refractivity contribution in [3.8, 4) is 0 Å². The molecule has 0 unspecified atom stereocenters. The molecule has 0 amide bonds. The van der Waals surface area contributed by atoms with E-state index in [0.29, 0.717) is 17.9 Å². The number of hydrogen-bond donors (Lipinski definition) is 1. The van der Waals surface area contributed by atoms with Gasteiger partial charge in [0.2, 0.25) is 0 Å². The Balaban J connectivity index is 2.14. The zero-order chi connectivity index (χ0) is 7.84. The van der Waals surface area contributed by atoms with E-state index in [1.807, 2.05) is 0 Å². The molecule has 2 aliphatic heterocycles. The smallest absolute Gasteiger partial charge is 0.126 e. The Morgan fingerprint density at radius 1 is 1.64 bits per heavy atom. The van der Waals surface area contributed by atoms with Gasteiger partial charge in [0.15, 0.2) is 0 Å². The largest absolute Gasteiger partial charge is 0.395 e. The van der Waals surface area contributed by atoms with Crippen LogP contribution >= 0.6 is 0 Å². The Morgan fingerprint density at radius 3 is 3.18 bits per heavy atom. The molecule has 2 atom stereocenters. The number of oxime groups is 1. The average molecular weight is 154 g/mol. The second kappa shape index (κ2) is 2.48. The maximum atomic E-state index is 5.04. The van der Waals surface area contributed by atoms with Crippen LogP contribution in [0.5, 0.6) is 0 Å². The summed E-state index contributed by atoms with van der Waals surface area (Å²) < 4.78 is 0. The van der Waals surface area contributed by atoms with Gasteiger partial charge >= 0.3 is 0 Å². The zero-order valence-corrected chi connectivity index (χ0v) is 7.00. The van der Waals surface area contributed by atoms with Gasteiger partial charge in [0.05, 0.1) is 17.7 Å². The number of rotatable bonds is 1. The highest BCUT2D eigenvalue weighted by molar-refractivity contribution is 5.94. The normalized spacial score (nSPS) is 35.4. The SMILES string of the molecule is CC(C)[C@@H]1NC[C@@H]2CON=C21. The van der Waals surface area contributed by atoms with Gasteiger partial charge in [-0.1, -0.05) is 19.0 Å². The van der Waals surface area contributed by atoms with Crippen LogP contribution in [0.15, 0.2) is 5.16 Å². The molecule has 0 spiro atoms. The van der Waals surface area contributed by atoms with Crippen molar-refractivity contribution in [1.29, 1.82) is 0 Å². The Hall–Kier alpha value is -0.570. The Morgan fingerprint density at radius 2 is 2.45 bits per heavy atom. The summed E-state index contributed by atoms with van der Waals surface area (Å²) in [4.78, 5) is 5.04. The molecule has 1 fully saturated rings. The highest BCUT2D eigenvalue weighted by Crippen LogP contribution is 2.22. The van der Waals surface area contributed by atoms with Gasteiger partial charge < -0.3 is 10.2 Å². The molecule has 2 heterocycles. The minimum atomic E-state index is 0.461. The molecule has 62 valence electrons. The van der Waals surface area contributed by atoms with E-state index >= 15 is 0 Å². The summed E-state index contributed by atoms with van der Waals surface area (Å²) in [7, 11) is 0. The number of nitrogens with one attached hydrogen (secondary N) is 1. The molecule has 0 aromatic carbocycles. The van der Waals surface area contributed by atoms with Crippen molar-refractivity contribution in [2.45, 2.75) is 19.9 Å². The molecule has 0 radical (unpaired) electrons. The van der Waals surface area contributed by atoms with Gasteiger partial charge in [-0.2, -0.15) is 0 Å². The van der Waals surface area contributed by atoms with Gasteiger partial charge in [-0.05, 0) is 5.92 Å². The van der Waals surface area contributed by atoms with Crippen LogP contribution in [-0.4, -0.2) is 24.9 Å². The molecule has 3 nitrogen and oxygen atoms in total. The van der Waals surface area contributed by atoms with Crippen molar-refractivity contribution in [2.75, 3.05) is 13.2 Å². The second-order valence-electron chi connectivity index (χ2n) is 3.64. The quantitative estimate of drug-likeness (QED) is 0.600. The van der Waals surface area contributed by atoms with Crippen LogP contribution in [-0.2, 0) is 4.84 Å². The van der Waals surface area contributed by atoms with Gasteiger partial charge in [-0.25, -0.2) is 0 Å². The third-order valence-electron chi connectivity index (χ3n) is 2.43. The highest BCUT2D eigenvalue weighted by atomic mass is 16.6. The van der Waals surface area contributed by atoms with Gasteiger partial charge in [0.1, 0.15) is 6.61 Å². The van der Waals surface area contributed by atoms with E-state index in [1.165, 1.54) is 5.71 Å². The van der Waals surface area contributed by atoms with Crippen molar-refractivity contribution >= 4 is 5.71 Å². The average Bonchev–Trinajstić information content (AvgIpc) is 2.41. The summed E-state index contributed by atoms with van der Waals surface area (Å²) in [5.74, 6) is 1.18. The maximum Gasteiger partial charge on any atom is 0.126 e. The predicted octanol–water partition coefficient (Wildman–Crippen LogP) is 0.617. The Kier molecular flexibility index (Phi) is 1.60. The molecule has 0 bridgehead atoms. The van der Waals surface area contributed by atoms with Crippen LogP contribution in [0, 0.1) is 11.8 Å². The molecule has 1 saturated heterocycles. The fourth-order valence-corrected chi connectivity index (χ4v) is 1.79. The first kappa shape index (κ1) is 7.10. The van der Waals surface area contributed by atoms with Crippen LogP contribution < -0.4 is 5.32 Å². The lowest BCUT2D eigenvalue weighted by molar-refractivity contribution is 0.152. The van der Waals surface area contributed by atoms with Crippen LogP contribution in [0.1, 0.15) is 13.8 Å². The summed E-state index contributed by atoms with van der Waals surface area (Å²) >= 11 is 0. The van der Waals surface area contributed by atoms with E-state index in [0.717, 1.165) is 13.2 Å². The highest BCUT2D eigenvalue weighted by Gasteiger charge is 2.37. The number of fused-ring (bicyclic) bond motifs is 1. The molecule has 0 aliphatic carbocycles. The zero-order valence-electron chi connectivity index (χ0n) is 7.00. The lowest BCUT2D eigenvalue weighted by Gasteiger charge is -2.13. The van der Waals surface area contributed by atoms with Crippen LogP contribution in [0.3, 0.4) is 0 Å². The first-order valence-corrected chi connectivity index (χ1v) is 4.22. The van der Waals surface area contributed by atoms with E-state index < -0.39 is 0 Å². The summed E-state index contributed by atoms with van der Waals surface area (Å²) in [5, 5.41) is 7.50. The van der Waals surface area contributed by atoms with Crippen molar-refractivity contribution in [2.24, 2.45) is 17.0 Å². The topological polar surface area (TPSA) is 33.6 Å². The van der Waals surface area contributed by atoms with Gasteiger partial charge in [0, 0.05) is 6.54 Å². The molecule has 0 aromatic heterocycles. The van der Waals surface area contributed by atoms with Crippen LogP contribution in [0.25, 0.3) is 0 Å². The lowest BCUT2D eigenvalue weighted by atomic mass is 9.96. The van der Waals surface area contributed by atoms with Crippen LogP contribution in [0.2, 0.25) is 0 Å². The van der Waals surface area contributed by atoms with Gasteiger partial charge in [-0.3, -0.25) is 0 Å². The van der Waals surface area contributed by atoms with E-state index in [4.69, 9.17) is 4.84 Å². The van der Waals surface area contributed by atoms with Crippen molar-refractivity contribution in [1.82, 2.24) is 5.32 Å².